The van der Waals surface area contributed by atoms with Crippen LogP contribution in [0, 0.1) is 0 Å². The van der Waals surface area contributed by atoms with E-state index in [-0.39, 0.29) is 18.9 Å². The molecule has 2 aromatic carbocycles. The van der Waals surface area contributed by atoms with Gasteiger partial charge in [0.15, 0.2) is 17.3 Å². The molecule has 3 N–H and O–H groups in total. The van der Waals surface area contributed by atoms with Crippen molar-refractivity contribution in [2.24, 2.45) is 0 Å². The zero-order valence-corrected chi connectivity index (χ0v) is 14.1. The molecule has 3 rings (SSSR count). The van der Waals surface area contributed by atoms with Crippen LogP contribution in [0.15, 0.2) is 36.4 Å². The molecule has 0 saturated heterocycles. The number of hydrogen-bond donors (Lipinski definition) is 3. The normalized spacial score (nSPS) is 14.0. The lowest BCUT2D eigenvalue weighted by Gasteiger charge is -2.22. The molecule has 6 nitrogen and oxygen atoms in total. The van der Waals surface area contributed by atoms with E-state index in [4.69, 9.17) is 26.2 Å². The summed E-state index contributed by atoms with van der Waals surface area (Å²) in [5.74, 6) is 0.724. The van der Waals surface area contributed by atoms with Gasteiger partial charge in [0.25, 0.3) is 0 Å². The van der Waals surface area contributed by atoms with E-state index < -0.39 is 6.10 Å². The second kappa shape index (κ2) is 7.74. The Balaban J connectivity index is 2.00. The molecule has 0 amide bonds. The van der Waals surface area contributed by atoms with E-state index in [1.54, 1.807) is 36.4 Å². The van der Waals surface area contributed by atoms with Gasteiger partial charge >= 0.3 is 0 Å². The van der Waals surface area contributed by atoms with Crippen LogP contribution in [0.5, 0.6) is 11.5 Å². The first-order valence-electron chi connectivity index (χ1n) is 7.86. The fraction of sp³-hybridized carbons (Fsp3) is 0.278. The van der Waals surface area contributed by atoms with Crippen molar-refractivity contribution in [3.63, 3.8) is 0 Å². The predicted octanol–water partition coefficient (Wildman–Crippen LogP) is 2.11. The van der Waals surface area contributed by atoms with Gasteiger partial charge in [0, 0.05) is 29.4 Å². The number of fused-ring (bicyclic) bond motifs is 1. The summed E-state index contributed by atoms with van der Waals surface area (Å²) in [6.07, 6.45) is -0.948. The van der Waals surface area contributed by atoms with Crippen molar-refractivity contribution in [3.05, 3.63) is 52.5 Å². The van der Waals surface area contributed by atoms with E-state index in [0.717, 1.165) is 0 Å². The summed E-state index contributed by atoms with van der Waals surface area (Å²) >= 11 is 6.14. The molecule has 1 aliphatic rings. The van der Waals surface area contributed by atoms with Gasteiger partial charge in [-0.25, -0.2) is 0 Å². The van der Waals surface area contributed by atoms with Gasteiger partial charge in [0.2, 0.25) is 0 Å². The van der Waals surface area contributed by atoms with Crippen LogP contribution in [0.1, 0.15) is 15.9 Å². The number of ether oxygens (including phenoxy) is 2. The number of benzene rings is 2. The van der Waals surface area contributed by atoms with Gasteiger partial charge in [-0.15, -0.1) is 0 Å². The highest BCUT2D eigenvalue weighted by molar-refractivity contribution is 6.35. The number of aliphatic hydroxyl groups excluding tert-OH is 2. The van der Waals surface area contributed by atoms with Crippen molar-refractivity contribution >= 4 is 23.1 Å². The Kier molecular flexibility index (Phi) is 5.43. The number of anilines is 1. The maximum absolute atomic E-state index is 13.0. The highest BCUT2D eigenvalue weighted by Crippen LogP contribution is 2.37. The second-order valence-electron chi connectivity index (χ2n) is 5.57. The number of aliphatic hydroxyl groups is 2. The summed E-state index contributed by atoms with van der Waals surface area (Å²) < 4.78 is 11.1. The Labute approximate surface area is 150 Å². The van der Waals surface area contributed by atoms with Gasteiger partial charge in [0.1, 0.15) is 13.2 Å². The molecule has 0 spiro atoms. The third kappa shape index (κ3) is 3.87. The molecule has 1 unspecified atom stereocenters. The van der Waals surface area contributed by atoms with E-state index in [2.05, 4.69) is 5.32 Å². The topological polar surface area (TPSA) is 88.0 Å². The lowest BCUT2D eigenvalue weighted by atomic mass is 10.0. The zero-order chi connectivity index (χ0) is 17.8. The van der Waals surface area contributed by atoms with Crippen molar-refractivity contribution in [1.29, 1.82) is 0 Å². The summed E-state index contributed by atoms with van der Waals surface area (Å²) in [4.78, 5) is 13.0. The van der Waals surface area contributed by atoms with Crippen LogP contribution in [0.2, 0.25) is 5.02 Å². The average molecular weight is 364 g/mol. The Morgan fingerprint density at radius 1 is 1.16 bits per heavy atom. The molecule has 0 bridgehead atoms. The Hall–Kier alpha value is -2.28. The summed E-state index contributed by atoms with van der Waals surface area (Å²) in [5.41, 5.74) is 1.19. The van der Waals surface area contributed by atoms with Crippen molar-refractivity contribution in [1.82, 2.24) is 0 Å². The SMILES string of the molecule is O=C(c1ccccc1Cl)c1cc2c(cc1NCC(O)CO)OCCO2. The van der Waals surface area contributed by atoms with Crippen LogP contribution in [0.4, 0.5) is 5.69 Å². The maximum atomic E-state index is 13.0. The van der Waals surface area contributed by atoms with E-state index in [1.807, 2.05) is 0 Å². The van der Waals surface area contributed by atoms with Gasteiger partial charge in [-0.2, -0.15) is 0 Å². The minimum atomic E-state index is -0.948. The van der Waals surface area contributed by atoms with E-state index in [9.17, 15) is 9.90 Å². The Morgan fingerprint density at radius 2 is 1.84 bits per heavy atom. The molecule has 132 valence electrons. The molecule has 2 aromatic rings. The number of carbonyl (C=O) groups is 1. The van der Waals surface area contributed by atoms with Gasteiger partial charge in [-0.1, -0.05) is 23.7 Å². The number of carbonyl (C=O) groups excluding carboxylic acids is 1. The van der Waals surface area contributed by atoms with Crippen molar-refractivity contribution in [2.75, 3.05) is 31.7 Å². The van der Waals surface area contributed by atoms with Crippen molar-refractivity contribution in [2.45, 2.75) is 6.10 Å². The first-order valence-corrected chi connectivity index (χ1v) is 8.23. The van der Waals surface area contributed by atoms with Crippen LogP contribution in [-0.2, 0) is 0 Å². The summed E-state index contributed by atoms with van der Waals surface area (Å²) in [6, 6.07) is 10.0. The number of nitrogens with one attached hydrogen (secondary N) is 1. The number of hydrogen-bond acceptors (Lipinski definition) is 6. The van der Waals surface area contributed by atoms with E-state index in [0.29, 0.717) is 46.5 Å². The predicted molar refractivity (Wildman–Crippen MR) is 93.9 cm³/mol. The quantitative estimate of drug-likeness (QED) is 0.681. The van der Waals surface area contributed by atoms with Crippen LogP contribution in [0.25, 0.3) is 0 Å². The largest absolute Gasteiger partial charge is 0.486 e. The second-order valence-corrected chi connectivity index (χ2v) is 5.97. The highest BCUT2D eigenvalue weighted by Gasteiger charge is 2.22. The lowest BCUT2D eigenvalue weighted by molar-refractivity contribution is 0.103. The first-order chi connectivity index (χ1) is 12.1. The van der Waals surface area contributed by atoms with Crippen LogP contribution < -0.4 is 14.8 Å². The maximum Gasteiger partial charge on any atom is 0.196 e. The van der Waals surface area contributed by atoms with Gasteiger partial charge < -0.3 is 25.0 Å². The smallest absolute Gasteiger partial charge is 0.196 e. The monoisotopic (exact) mass is 363 g/mol. The van der Waals surface area contributed by atoms with E-state index >= 15 is 0 Å². The minimum Gasteiger partial charge on any atom is -0.486 e. The molecule has 0 aromatic heterocycles. The average Bonchev–Trinajstić information content (AvgIpc) is 2.65. The molecule has 1 atom stereocenters. The summed E-state index contributed by atoms with van der Waals surface area (Å²) in [7, 11) is 0. The molecular weight excluding hydrogens is 346 g/mol. The van der Waals surface area contributed by atoms with Gasteiger partial charge in [-0.3, -0.25) is 4.79 Å². The third-order valence-corrected chi connectivity index (χ3v) is 4.11. The summed E-state index contributed by atoms with van der Waals surface area (Å²) in [6.45, 7) is 0.524. The molecule has 25 heavy (non-hydrogen) atoms. The van der Waals surface area contributed by atoms with Crippen molar-refractivity contribution in [3.8, 4) is 11.5 Å². The molecule has 0 fully saturated rings. The Bertz CT molecular complexity index is 780. The van der Waals surface area contributed by atoms with Gasteiger partial charge in [-0.05, 0) is 18.2 Å². The molecule has 0 radical (unpaired) electrons. The lowest BCUT2D eigenvalue weighted by Crippen LogP contribution is -2.24. The minimum absolute atomic E-state index is 0.0823. The van der Waals surface area contributed by atoms with Gasteiger partial charge in [0.05, 0.1) is 17.7 Å². The molecule has 0 aliphatic carbocycles. The van der Waals surface area contributed by atoms with Crippen LogP contribution >= 0.6 is 11.6 Å². The number of rotatable bonds is 6. The fourth-order valence-electron chi connectivity index (χ4n) is 2.51. The van der Waals surface area contributed by atoms with Crippen LogP contribution in [0.3, 0.4) is 0 Å². The molecule has 1 aliphatic heterocycles. The summed E-state index contributed by atoms with van der Waals surface area (Å²) in [5, 5.41) is 21.9. The standard InChI is InChI=1S/C18H18ClNO5/c19-14-4-2-1-3-12(14)18(23)13-7-16-17(25-6-5-24-16)8-15(13)20-9-11(22)10-21/h1-4,7-8,11,20-22H,5-6,9-10H2. The Morgan fingerprint density at radius 3 is 2.52 bits per heavy atom. The molecular formula is C18H18ClNO5. The van der Waals surface area contributed by atoms with E-state index in [1.165, 1.54) is 0 Å². The molecule has 1 heterocycles. The third-order valence-electron chi connectivity index (χ3n) is 3.78. The fourth-order valence-corrected chi connectivity index (χ4v) is 2.73. The number of halogens is 1. The highest BCUT2D eigenvalue weighted by atomic mass is 35.5. The number of ketones is 1. The molecule has 7 heteroatoms. The zero-order valence-electron chi connectivity index (χ0n) is 13.4. The van der Waals surface area contributed by atoms with Crippen molar-refractivity contribution < 1.29 is 24.5 Å². The molecule has 0 saturated carbocycles. The van der Waals surface area contributed by atoms with Crippen LogP contribution in [-0.4, -0.2) is 48.5 Å². The first kappa shape index (κ1) is 17.5.